The Labute approximate surface area is 204 Å². The molecule has 0 aliphatic carbocycles. The first-order valence-corrected chi connectivity index (χ1v) is 12.5. The number of anilines is 2. The summed E-state index contributed by atoms with van der Waals surface area (Å²) in [5.74, 6) is 0.0724. The molecule has 0 radical (unpaired) electrons. The first-order chi connectivity index (χ1) is 17.0. The summed E-state index contributed by atoms with van der Waals surface area (Å²) in [5.41, 5.74) is 2.51. The van der Waals surface area contributed by atoms with Gasteiger partial charge in [-0.25, -0.2) is 9.18 Å². The Balaban J connectivity index is 1.09. The fourth-order valence-corrected chi connectivity index (χ4v) is 5.88. The highest BCUT2D eigenvalue weighted by Gasteiger charge is 2.33. The van der Waals surface area contributed by atoms with Gasteiger partial charge in [-0.15, -0.1) is 11.8 Å². The zero-order chi connectivity index (χ0) is 24.1. The van der Waals surface area contributed by atoms with Crippen molar-refractivity contribution in [3.05, 3.63) is 64.2 Å². The number of benzene rings is 2. The van der Waals surface area contributed by atoms with E-state index in [1.807, 2.05) is 12.1 Å². The van der Waals surface area contributed by atoms with E-state index in [1.54, 1.807) is 27.7 Å². The summed E-state index contributed by atoms with van der Waals surface area (Å²) in [5, 5.41) is 7.05. The number of aromatic nitrogens is 1. The minimum absolute atomic E-state index is 0.0395. The van der Waals surface area contributed by atoms with E-state index in [1.165, 1.54) is 23.9 Å². The van der Waals surface area contributed by atoms with Crippen LogP contribution in [0.2, 0.25) is 0 Å². The zero-order valence-electron chi connectivity index (χ0n) is 18.8. The normalized spacial score (nSPS) is 21.1. The molecule has 2 aromatic carbocycles. The molecule has 2 N–H and O–H groups in total. The number of thioether (sulfide) groups is 1. The maximum Gasteiger partial charge on any atom is 0.414 e. The van der Waals surface area contributed by atoms with Gasteiger partial charge in [0.15, 0.2) is 0 Å². The van der Waals surface area contributed by atoms with Crippen molar-refractivity contribution in [1.29, 1.82) is 0 Å². The molecule has 0 unspecified atom stereocenters. The second-order valence-corrected chi connectivity index (χ2v) is 10.1. The quantitative estimate of drug-likeness (QED) is 0.567. The zero-order valence-corrected chi connectivity index (χ0v) is 19.6. The number of ether oxygens (including phenoxy) is 1. The summed E-state index contributed by atoms with van der Waals surface area (Å²) in [7, 11) is 0. The third kappa shape index (κ3) is 4.06. The lowest BCUT2D eigenvalue weighted by Gasteiger charge is -2.27. The van der Waals surface area contributed by atoms with Crippen LogP contribution >= 0.6 is 11.8 Å². The summed E-state index contributed by atoms with van der Waals surface area (Å²) in [4.78, 5) is 39.2. The number of hydrogen-bond donors (Lipinski definition) is 2. The highest BCUT2D eigenvalue weighted by Crippen LogP contribution is 2.35. The van der Waals surface area contributed by atoms with E-state index >= 15 is 0 Å². The van der Waals surface area contributed by atoms with E-state index in [0.29, 0.717) is 60.8 Å². The van der Waals surface area contributed by atoms with Crippen LogP contribution in [0.25, 0.3) is 10.9 Å². The van der Waals surface area contributed by atoms with Crippen LogP contribution in [0.15, 0.2) is 52.2 Å². The molecule has 1 saturated heterocycles. The summed E-state index contributed by atoms with van der Waals surface area (Å²) in [6.07, 6.45) is -0.241. The molecule has 3 aromatic rings. The molecular weight excluding hydrogens is 471 g/mol. The van der Waals surface area contributed by atoms with Crippen molar-refractivity contribution in [3.8, 4) is 0 Å². The molecule has 180 valence electrons. The van der Waals surface area contributed by atoms with E-state index in [-0.39, 0.29) is 29.3 Å². The number of pyridine rings is 1. The van der Waals surface area contributed by atoms with Gasteiger partial charge in [0.1, 0.15) is 11.9 Å². The largest absolute Gasteiger partial charge is 0.443 e. The van der Waals surface area contributed by atoms with Gasteiger partial charge in [-0.3, -0.25) is 14.5 Å². The predicted octanol–water partition coefficient (Wildman–Crippen LogP) is 2.97. The van der Waals surface area contributed by atoms with Crippen LogP contribution in [0.5, 0.6) is 0 Å². The average Bonchev–Trinajstić information content (AvgIpc) is 3.22. The lowest BCUT2D eigenvalue weighted by molar-refractivity contribution is -0.113. The van der Waals surface area contributed by atoms with E-state index in [9.17, 15) is 18.8 Å². The van der Waals surface area contributed by atoms with Crippen LogP contribution in [-0.2, 0) is 22.5 Å². The highest BCUT2D eigenvalue weighted by atomic mass is 32.2. The number of nitrogens with one attached hydrogen (secondary N) is 2. The standard InChI is InChI=1S/C25H23FN4O4S/c26-19-4-1-15-2-6-23(32)30-11-14(7-18(19)24(15)30)9-27-10-17-12-29(25(33)34-17)16-3-5-21-20(8-16)28-22(31)13-35-21/h1-6,8,14,17,27H,7,9-13H2,(H,28,31)/t14-,17+/m0/s1. The molecule has 8 nitrogen and oxygen atoms in total. The van der Waals surface area contributed by atoms with Crippen molar-refractivity contribution in [1.82, 2.24) is 9.88 Å². The minimum atomic E-state index is -0.432. The molecule has 3 aliphatic rings. The number of nitrogens with zero attached hydrogens (tertiary/aromatic N) is 2. The molecule has 1 aromatic heterocycles. The molecule has 1 fully saturated rings. The van der Waals surface area contributed by atoms with Gasteiger partial charge in [0.2, 0.25) is 5.91 Å². The monoisotopic (exact) mass is 494 g/mol. The maximum atomic E-state index is 14.6. The summed E-state index contributed by atoms with van der Waals surface area (Å²) < 4.78 is 21.8. The molecule has 35 heavy (non-hydrogen) atoms. The maximum absolute atomic E-state index is 14.6. The van der Waals surface area contributed by atoms with Crippen LogP contribution < -0.4 is 21.1 Å². The van der Waals surface area contributed by atoms with Gasteiger partial charge in [0.25, 0.3) is 5.56 Å². The van der Waals surface area contributed by atoms with Gasteiger partial charge < -0.3 is 19.9 Å². The molecule has 3 aliphatic heterocycles. The number of carbonyl (C=O) groups excluding carboxylic acids is 2. The number of amides is 2. The number of rotatable bonds is 5. The van der Waals surface area contributed by atoms with Crippen molar-refractivity contribution in [3.63, 3.8) is 0 Å². The van der Waals surface area contributed by atoms with Gasteiger partial charge in [-0.2, -0.15) is 0 Å². The molecule has 4 heterocycles. The van der Waals surface area contributed by atoms with Crippen molar-refractivity contribution in [2.45, 2.75) is 24.0 Å². The number of hydrogen-bond acceptors (Lipinski definition) is 6. The Kier molecular flexibility index (Phi) is 5.49. The fourth-order valence-electron chi connectivity index (χ4n) is 5.09. The molecule has 10 heteroatoms. The van der Waals surface area contributed by atoms with Crippen LogP contribution in [0.4, 0.5) is 20.6 Å². The summed E-state index contributed by atoms with van der Waals surface area (Å²) in [6, 6.07) is 12.0. The minimum Gasteiger partial charge on any atom is -0.443 e. The van der Waals surface area contributed by atoms with Crippen LogP contribution in [0.3, 0.4) is 0 Å². The molecule has 0 spiro atoms. The molecule has 0 bridgehead atoms. The second kappa shape index (κ2) is 8.69. The highest BCUT2D eigenvalue weighted by molar-refractivity contribution is 8.00. The van der Waals surface area contributed by atoms with E-state index in [4.69, 9.17) is 4.74 Å². The smallest absolute Gasteiger partial charge is 0.414 e. The van der Waals surface area contributed by atoms with Gasteiger partial charge in [0, 0.05) is 41.8 Å². The van der Waals surface area contributed by atoms with Crippen LogP contribution in [-0.4, -0.2) is 48.1 Å². The van der Waals surface area contributed by atoms with Gasteiger partial charge in [-0.05, 0) is 54.1 Å². The Morgan fingerprint density at radius 2 is 1.94 bits per heavy atom. The Morgan fingerprint density at radius 1 is 1.09 bits per heavy atom. The van der Waals surface area contributed by atoms with Crippen molar-refractivity contribution >= 4 is 46.0 Å². The molecule has 0 saturated carbocycles. The van der Waals surface area contributed by atoms with Crippen molar-refractivity contribution < 1.29 is 18.7 Å². The number of fused-ring (bicyclic) bond motifs is 1. The van der Waals surface area contributed by atoms with Gasteiger partial charge in [-0.1, -0.05) is 0 Å². The fraction of sp³-hybridized carbons (Fsp3) is 0.320. The second-order valence-electron chi connectivity index (χ2n) is 9.11. The Hall–Kier alpha value is -3.37. The summed E-state index contributed by atoms with van der Waals surface area (Å²) >= 11 is 1.47. The molecular formula is C25H23FN4O4S. The first kappa shape index (κ1) is 22.1. The lowest BCUT2D eigenvalue weighted by Crippen LogP contribution is -2.38. The van der Waals surface area contributed by atoms with Crippen LogP contribution in [0, 0.1) is 11.7 Å². The lowest BCUT2D eigenvalue weighted by atomic mass is 9.92. The van der Waals surface area contributed by atoms with Crippen molar-refractivity contribution in [2.24, 2.45) is 5.92 Å². The van der Waals surface area contributed by atoms with Crippen LogP contribution in [0.1, 0.15) is 5.56 Å². The van der Waals surface area contributed by atoms with E-state index in [0.717, 1.165) is 10.3 Å². The number of carbonyl (C=O) groups is 2. The number of halogens is 1. The average molecular weight is 495 g/mol. The molecule has 2 atom stereocenters. The SMILES string of the molecule is O=C1CSc2ccc(N3C[C@@H](CNC[C@@H]4Cc5c(F)ccc6ccc(=O)n(c56)C4)OC3=O)cc2N1. The van der Waals surface area contributed by atoms with E-state index < -0.39 is 6.09 Å². The third-order valence-corrected chi connectivity index (χ3v) is 7.79. The van der Waals surface area contributed by atoms with Gasteiger partial charge in [0.05, 0.1) is 23.5 Å². The third-order valence-electron chi connectivity index (χ3n) is 6.72. The topological polar surface area (TPSA) is 92.7 Å². The number of cyclic esters (lactones) is 1. The first-order valence-electron chi connectivity index (χ1n) is 11.5. The van der Waals surface area contributed by atoms with Crippen molar-refractivity contribution in [2.75, 3.05) is 35.6 Å². The van der Waals surface area contributed by atoms with Gasteiger partial charge >= 0.3 is 6.09 Å². The molecule has 2 amide bonds. The molecule has 6 rings (SSSR count). The summed E-state index contributed by atoms with van der Waals surface area (Å²) in [6.45, 7) is 1.90. The van der Waals surface area contributed by atoms with E-state index in [2.05, 4.69) is 10.6 Å². The predicted molar refractivity (Wildman–Crippen MR) is 132 cm³/mol. The Morgan fingerprint density at radius 3 is 2.83 bits per heavy atom. The Bertz CT molecular complexity index is 1420.